The van der Waals surface area contributed by atoms with Crippen molar-refractivity contribution < 1.29 is 18.9 Å². The van der Waals surface area contributed by atoms with Crippen LogP contribution in [-0.4, -0.2) is 34.4 Å². The molecule has 0 amide bonds. The molecule has 166 valence electrons. The van der Waals surface area contributed by atoms with Crippen LogP contribution >= 0.6 is 0 Å². The summed E-state index contributed by atoms with van der Waals surface area (Å²) < 4.78 is 24.2. The number of benzene rings is 3. The number of ether oxygens (including phenoxy) is 4. The van der Waals surface area contributed by atoms with E-state index in [4.69, 9.17) is 18.9 Å². The zero-order valence-corrected chi connectivity index (χ0v) is 19.4. The second-order valence-corrected chi connectivity index (χ2v) is 8.55. The van der Waals surface area contributed by atoms with Gasteiger partial charge in [0.1, 0.15) is 24.9 Å². The highest BCUT2D eigenvalue weighted by Gasteiger charge is 2.46. The number of hydrogen-bond acceptors (Lipinski definition) is 4. The molecule has 1 heterocycles. The van der Waals surface area contributed by atoms with Crippen molar-refractivity contribution in [3.63, 3.8) is 0 Å². The highest BCUT2D eigenvalue weighted by molar-refractivity contribution is 6.11. The fraction of sp³-hybridized carbons (Fsp3) is 0.333. The topological polar surface area (TPSA) is 36.9 Å². The van der Waals surface area contributed by atoms with Crippen LogP contribution in [0.25, 0.3) is 0 Å². The van der Waals surface area contributed by atoms with Crippen LogP contribution in [0.15, 0.2) is 78.9 Å². The van der Waals surface area contributed by atoms with Crippen LogP contribution in [0.2, 0.25) is 0 Å². The number of rotatable bonds is 7. The van der Waals surface area contributed by atoms with Crippen molar-refractivity contribution in [2.45, 2.75) is 31.7 Å². The molecule has 4 nitrogen and oxygen atoms in total. The molecule has 5 heteroatoms. The van der Waals surface area contributed by atoms with Gasteiger partial charge in [0.05, 0.1) is 14.2 Å². The summed E-state index contributed by atoms with van der Waals surface area (Å²) in [5, 5.41) is 0. The molecule has 3 aromatic rings. The Labute approximate surface area is 191 Å². The summed E-state index contributed by atoms with van der Waals surface area (Å²) in [6.45, 7) is 4.43. The fourth-order valence-corrected chi connectivity index (χ4v) is 4.47. The first kappa shape index (κ1) is 22.4. The van der Waals surface area contributed by atoms with Gasteiger partial charge in [0.15, 0.2) is 6.29 Å². The third kappa shape index (κ3) is 4.03. The first-order chi connectivity index (χ1) is 15.5. The van der Waals surface area contributed by atoms with E-state index in [0.717, 1.165) is 28.2 Å². The third-order valence-corrected chi connectivity index (χ3v) is 6.81. The molecule has 0 bridgehead atoms. The maximum atomic E-state index is 7.05. The normalized spacial score (nSPS) is 23.1. The molecule has 32 heavy (non-hydrogen) atoms. The third-order valence-electron chi connectivity index (χ3n) is 6.81. The van der Waals surface area contributed by atoms with Crippen LogP contribution in [0.3, 0.4) is 0 Å². The number of methoxy groups -OCH3 is 2. The molecule has 1 aliphatic heterocycles. The van der Waals surface area contributed by atoms with Crippen LogP contribution < -0.4 is 9.47 Å². The quantitative estimate of drug-likeness (QED) is 0.406. The van der Waals surface area contributed by atoms with Crippen molar-refractivity contribution in [1.29, 1.82) is 0 Å². The minimum absolute atomic E-state index is 0.134. The van der Waals surface area contributed by atoms with E-state index in [1.165, 1.54) is 0 Å². The van der Waals surface area contributed by atoms with Gasteiger partial charge in [-0.3, -0.25) is 0 Å². The van der Waals surface area contributed by atoms with Crippen LogP contribution in [-0.2, 0) is 15.1 Å². The smallest absolute Gasteiger partial charge is 0.161 e. The molecule has 0 N–H and O–H groups in total. The van der Waals surface area contributed by atoms with E-state index in [1.807, 2.05) is 42.5 Å². The average molecular weight is 430 g/mol. The molecule has 0 spiro atoms. The Balaban J connectivity index is 1.92. The molecule has 1 fully saturated rings. The van der Waals surface area contributed by atoms with Crippen LogP contribution in [0.4, 0.5) is 0 Å². The van der Waals surface area contributed by atoms with Gasteiger partial charge in [0, 0.05) is 11.9 Å². The molecular weight excluding hydrogens is 399 g/mol. The Hall–Kier alpha value is -2.76. The van der Waals surface area contributed by atoms with E-state index in [-0.39, 0.29) is 18.2 Å². The maximum Gasteiger partial charge on any atom is 0.161 e. The molecule has 3 aromatic carbocycles. The summed E-state index contributed by atoms with van der Waals surface area (Å²) in [6, 6.07) is 26.7. The van der Waals surface area contributed by atoms with Crippen molar-refractivity contribution in [2.75, 3.05) is 14.2 Å². The van der Waals surface area contributed by atoms with Crippen molar-refractivity contribution in [2.24, 2.45) is 11.8 Å². The lowest BCUT2D eigenvalue weighted by molar-refractivity contribution is -0.185. The van der Waals surface area contributed by atoms with Crippen molar-refractivity contribution in [1.82, 2.24) is 0 Å². The maximum absolute atomic E-state index is 7.05. The first-order valence-electron chi connectivity index (χ1n) is 11.2. The van der Waals surface area contributed by atoms with Gasteiger partial charge < -0.3 is 18.9 Å². The van der Waals surface area contributed by atoms with Gasteiger partial charge in [-0.2, -0.15) is 0 Å². The molecule has 0 saturated carbocycles. The summed E-state index contributed by atoms with van der Waals surface area (Å²) in [7, 11) is 5.47. The lowest BCUT2D eigenvalue weighted by atomic mass is 9.79. The van der Waals surface area contributed by atoms with Crippen molar-refractivity contribution in [3.8, 4) is 11.5 Å². The monoisotopic (exact) mass is 430 g/mol. The largest absolute Gasteiger partial charge is 0.497 e. The van der Waals surface area contributed by atoms with E-state index in [9.17, 15) is 0 Å². The summed E-state index contributed by atoms with van der Waals surface area (Å²) in [5.41, 5.74) is 2.20. The second-order valence-electron chi connectivity index (χ2n) is 8.55. The molecule has 0 aromatic heterocycles. The van der Waals surface area contributed by atoms with E-state index in [2.05, 4.69) is 58.1 Å². The Morgan fingerprint density at radius 1 is 0.688 bits per heavy atom. The summed E-state index contributed by atoms with van der Waals surface area (Å²) in [4.78, 5) is 0. The summed E-state index contributed by atoms with van der Waals surface area (Å²) in [6.07, 6.45) is -0.343. The molecule has 0 aliphatic carbocycles. The Morgan fingerprint density at radius 2 is 1.16 bits per heavy atom. The predicted molar refractivity (Wildman–Crippen MR) is 129 cm³/mol. The van der Waals surface area contributed by atoms with E-state index >= 15 is 0 Å². The van der Waals surface area contributed by atoms with Crippen LogP contribution in [0.5, 0.6) is 11.5 Å². The van der Waals surface area contributed by atoms with Gasteiger partial charge >= 0.3 is 0 Å². The molecule has 1 aliphatic rings. The Bertz CT molecular complexity index is 957. The van der Waals surface area contributed by atoms with Crippen molar-refractivity contribution >= 4 is 7.85 Å². The predicted octanol–water partition coefficient (Wildman–Crippen LogP) is 4.60. The molecule has 0 radical (unpaired) electrons. The van der Waals surface area contributed by atoms with E-state index in [1.54, 1.807) is 14.2 Å². The first-order valence-corrected chi connectivity index (χ1v) is 11.2. The van der Waals surface area contributed by atoms with Gasteiger partial charge in [0.2, 0.25) is 0 Å². The highest BCUT2D eigenvalue weighted by Crippen LogP contribution is 2.45. The standard InChI is InChI=1S/C27H31BO4/c1-18-19(2)26(31-25(18)28)32-27(20-8-6-5-7-9-20,21-10-14-23(29-3)15-11-21)22-12-16-24(30-4)17-13-22/h5-19,25-26H,28H2,1-4H3/t18?,19?,25-,26+/m0/s1. The lowest BCUT2D eigenvalue weighted by Gasteiger charge is -2.39. The second kappa shape index (κ2) is 9.39. The summed E-state index contributed by atoms with van der Waals surface area (Å²) in [5.74, 6) is 2.26. The van der Waals surface area contributed by atoms with Gasteiger partial charge in [-0.05, 0) is 46.9 Å². The minimum atomic E-state index is -0.859. The molecule has 4 atom stereocenters. The lowest BCUT2D eigenvalue weighted by Crippen LogP contribution is -2.39. The van der Waals surface area contributed by atoms with E-state index < -0.39 is 5.60 Å². The summed E-state index contributed by atoms with van der Waals surface area (Å²) >= 11 is 0. The van der Waals surface area contributed by atoms with Crippen LogP contribution in [0.1, 0.15) is 30.5 Å². The average Bonchev–Trinajstić information content (AvgIpc) is 3.09. The Morgan fingerprint density at radius 3 is 1.56 bits per heavy atom. The van der Waals surface area contributed by atoms with Crippen molar-refractivity contribution in [3.05, 3.63) is 95.6 Å². The zero-order valence-electron chi connectivity index (χ0n) is 19.4. The Kier molecular flexibility index (Phi) is 6.59. The number of hydrogen-bond donors (Lipinski definition) is 0. The van der Waals surface area contributed by atoms with Crippen LogP contribution in [0, 0.1) is 11.8 Å². The minimum Gasteiger partial charge on any atom is -0.497 e. The van der Waals surface area contributed by atoms with Gasteiger partial charge in [-0.1, -0.05) is 68.4 Å². The highest BCUT2D eigenvalue weighted by atomic mass is 16.7. The SMILES string of the molecule is B[C@H]1O[C@H](OC(c2ccccc2)(c2ccc(OC)cc2)c2ccc(OC)cc2)C(C)C1C. The molecule has 1 saturated heterocycles. The van der Waals surface area contributed by atoms with Gasteiger partial charge in [-0.25, -0.2) is 0 Å². The fourth-order valence-electron chi connectivity index (χ4n) is 4.47. The molecule has 4 rings (SSSR count). The molecule has 2 unspecified atom stereocenters. The zero-order chi connectivity index (χ0) is 22.7. The van der Waals surface area contributed by atoms with Gasteiger partial charge in [0.25, 0.3) is 0 Å². The molecular formula is C27H31BO4. The van der Waals surface area contributed by atoms with E-state index in [0.29, 0.717) is 5.92 Å². The van der Waals surface area contributed by atoms with Gasteiger partial charge in [-0.15, -0.1) is 0 Å².